The molecule has 1 aromatic heterocycles. The first-order chi connectivity index (χ1) is 8.79. The van der Waals surface area contributed by atoms with Gasteiger partial charge in [0.2, 0.25) is 5.91 Å². The Kier molecular flexibility index (Phi) is 4.79. The fraction of sp³-hybridized carbons (Fsp3) is 0.214. The second-order valence-corrected chi connectivity index (χ2v) is 5.28. The number of nitrogens with one attached hydrogen (secondary N) is 1. The lowest BCUT2D eigenvalue weighted by Gasteiger charge is -2.16. The zero-order chi connectivity index (χ0) is 12.8. The fourth-order valence-electron chi connectivity index (χ4n) is 1.71. The molecule has 2 nitrogen and oxygen atoms in total. The van der Waals surface area contributed by atoms with E-state index in [1.807, 2.05) is 47.8 Å². The maximum absolute atomic E-state index is 11.9. The summed E-state index contributed by atoms with van der Waals surface area (Å²) in [4.78, 5) is 13.0. The summed E-state index contributed by atoms with van der Waals surface area (Å²) in [5.74, 6) is 0.382. The molecule has 1 amide bonds. The van der Waals surface area contributed by atoms with Crippen molar-refractivity contribution in [3.63, 3.8) is 0 Å². The van der Waals surface area contributed by atoms with E-state index < -0.39 is 0 Å². The molecule has 1 N–H and O–H groups in total. The fourth-order valence-corrected chi connectivity index (χ4v) is 2.67. The van der Waals surface area contributed by atoms with Crippen LogP contribution in [0, 0.1) is 0 Å². The minimum Gasteiger partial charge on any atom is -0.348 e. The molecule has 0 saturated carbocycles. The van der Waals surface area contributed by atoms with Gasteiger partial charge in [0.05, 0.1) is 12.5 Å². The molecular weight excluding hydrogens is 266 g/mol. The van der Waals surface area contributed by atoms with Gasteiger partial charge in [0.25, 0.3) is 0 Å². The average molecular weight is 280 g/mol. The Bertz CT molecular complexity index is 484. The Morgan fingerprint density at radius 1 is 1.22 bits per heavy atom. The Morgan fingerprint density at radius 3 is 2.61 bits per heavy atom. The van der Waals surface area contributed by atoms with Crippen molar-refractivity contribution < 1.29 is 4.79 Å². The van der Waals surface area contributed by atoms with E-state index in [1.165, 1.54) is 0 Å². The van der Waals surface area contributed by atoms with Crippen molar-refractivity contribution in [2.45, 2.75) is 12.5 Å². The standard InChI is InChI=1S/C14H14ClNOS/c15-10-13(11-5-2-1-3-6-11)16-14(17)9-12-7-4-8-18-12/h1-8,13H,9-10H2,(H,16,17). The summed E-state index contributed by atoms with van der Waals surface area (Å²) in [5, 5.41) is 4.93. The van der Waals surface area contributed by atoms with Crippen molar-refractivity contribution in [2.75, 3.05) is 5.88 Å². The number of benzene rings is 1. The quantitative estimate of drug-likeness (QED) is 0.835. The number of carbonyl (C=O) groups is 1. The van der Waals surface area contributed by atoms with E-state index >= 15 is 0 Å². The molecule has 1 unspecified atom stereocenters. The molecule has 0 aliphatic rings. The van der Waals surface area contributed by atoms with Gasteiger partial charge in [-0.3, -0.25) is 4.79 Å². The Hall–Kier alpha value is -1.32. The van der Waals surface area contributed by atoms with Crippen LogP contribution in [-0.4, -0.2) is 11.8 Å². The summed E-state index contributed by atoms with van der Waals surface area (Å²) in [5.41, 5.74) is 1.03. The maximum atomic E-state index is 11.9. The Labute approximate surface area is 116 Å². The summed E-state index contributed by atoms with van der Waals surface area (Å²) in [7, 11) is 0. The number of hydrogen-bond acceptors (Lipinski definition) is 2. The molecule has 2 aromatic rings. The van der Waals surface area contributed by atoms with Crippen molar-refractivity contribution in [2.24, 2.45) is 0 Å². The lowest BCUT2D eigenvalue weighted by molar-refractivity contribution is -0.121. The molecule has 18 heavy (non-hydrogen) atoms. The van der Waals surface area contributed by atoms with Gasteiger partial charge in [-0.2, -0.15) is 0 Å². The molecule has 0 fully saturated rings. The molecule has 1 heterocycles. The number of rotatable bonds is 5. The highest BCUT2D eigenvalue weighted by atomic mass is 35.5. The number of alkyl halides is 1. The van der Waals surface area contributed by atoms with E-state index in [-0.39, 0.29) is 11.9 Å². The van der Waals surface area contributed by atoms with Gasteiger partial charge in [0.15, 0.2) is 0 Å². The zero-order valence-corrected chi connectivity index (χ0v) is 11.4. The van der Waals surface area contributed by atoms with Gasteiger partial charge in [-0.15, -0.1) is 22.9 Å². The lowest BCUT2D eigenvalue weighted by Crippen LogP contribution is -2.30. The van der Waals surface area contributed by atoms with Crippen LogP contribution in [0.15, 0.2) is 47.8 Å². The third-order valence-electron chi connectivity index (χ3n) is 2.61. The normalized spacial score (nSPS) is 12.1. The minimum absolute atomic E-state index is 0.00644. The van der Waals surface area contributed by atoms with Crippen molar-refractivity contribution in [3.05, 3.63) is 58.3 Å². The number of halogens is 1. The van der Waals surface area contributed by atoms with Crippen LogP contribution in [0.2, 0.25) is 0 Å². The number of hydrogen-bond donors (Lipinski definition) is 1. The summed E-state index contributed by atoms with van der Waals surface area (Å²) in [6.07, 6.45) is 0.415. The van der Waals surface area contributed by atoms with E-state index in [1.54, 1.807) is 11.3 Å². The second kappa shape index (κ2) is 6.57. The van der Waals surface area contributed by atoms with Crippen LogP contribution in [0.3, 0.4) is 0 Å². The van der Waals surface area contributed by atoms with Crippen LogP contribution in [-0.2, 0) is 11.2 Å². The minimum atomic E-state index is -0.125. The number of thiophene rings is 1. The van der Waals surface area contributed by atoms with Crippen molar-refractivity contribution >= 4 is 28.8 Å². The predicted octanol–water partition coefficient (Wildman–Crippen LogP) is 3.39. The van der Waals surface area contributed by atoms with E-state index in [2.05, 4.69) is 5.32 Å². The lowest BCUT2D eigenvalue weighted by atomic mass is 10.1. The zero-order valence-electron chi connectivity index (χ0n) is 9.80. The van der Waals surface area contributed by atoms with Gasteiger partial charge in [-0.25, -0.2) is 0 Å². The van der Waals surface area contributed by atoms with Crippen LogP contribution in [0.5, 0.6) is 0 Å². The number of carbonyl (C=O) groups excluding carboxylic acids is 1. The van der Waals surface area contributed by atoms with Crippen molar-refractivity contribution in [1.29, 1.82) is 0 Å². The molecule has 0 aliphatic heterocycles. The molecule has 0 aliphatic carbocycles. The average Bonchev–Trinajstić information content (AvgIpc) is 2.90. The summed E-state index contributed by atoms with van der Waals surface area (Å²) < 4.78 is 0. The largest absolute Gasteiger partial charge is 0.348 e. The SMILES string of the molecule is O=C(Cc1cccs1)NC(CCl)c1ccccc1. The van der Waals surface area contributed by atoms with Crippen LogP contribution < -0.4 is 5.32 Å². The third kappa shape index (κ3) is 3.59. The van der Waals surface area contributed by atoms with Crippen molar-refractivity contribution in [3.8, 4) is 0 Å². The van der Waals surface area contributed by atoms with Crippen LogP contribution in [0.25, 0.3) is 0 Å². The van der Waals surface area contributed by atoms with Crippen molar-refractivity contribution in [1.82, 2.24) is 5.32 Å². The third-order valence-corrected chi connectivity index (χ3v) is 3.79. The van der Waals surface area contributed by atoms with Gasteiger partial charge < -0.3 is 5.32 Å². The molecule has 4 heteroatoms. The van der Waals surface area contributed by atoms with Gasteiger partial charge >= 0.3 is 0 Å². The molecule has 0 spiro atoms. The van der Waals surface area contributed by atoms with Gasteiger partial charge in [-0.05, 0) is 17.0 Å². The first-order valence-electron chi connectivity index (χ1n) is 5.72. The molecule has 0 saturated heterocycles. The summed E-state index contributed by atoms with van der Waals surface area (Å²) in [6.45, 7) is 0. The van der Waals surface area contributed by atoms with E-state index in [0.29, 0.717) is 12.3 Å². The van der Waals surface area contributed by atoms with E-state index in [9.17, 15) is 4.79 Å². The Morgan fingerprint density at radius 2 is 2.00 bits per heavy atom. The highest BCUT2D eigenvalue weighted by molar-refractivity contribution is 7.10. The van der Waals surface area contributed by atoms with Gasteiger partial charge in [-0.1, -0.05) is 36.4 Å². The molecule has 1 aromatic carbocycles. The predicted molar refractivity (Wildman–Crippen MR) is 76.1 cm³/mol. The van der Waals surface area contributed by atoms with Crippen LogP contribution in [0.4, 0.5) is 0 Å². The second-order valence-electron chi connectivity index (χ2n) is 3.94. The molecule has 0 bridgehead atoms. The monoisotopic (exact) mass is 279 g/mol. The molecule has 2 rings (SSSR count). The molecular formula is C14H14ClNOS. The summed E-state index contributed by atoms with van der Waals surface area (Å²) >= 11 is 7.50. The van der Waals surface area contributed by atoms with Gasteiger partial charge in [0, 0.05) is 10.8 Å². The summed E-state index contributed by atoms with van der Waals surface area (Å²) in [6, 6.07) is 13.6. The molecule has 1 atom stereocenters. The Balaban J connectivity index is 1.96. The smallest absolute Gasteiger partial charge is 0.225 e. The number of amides is 1. The topological polar surface area (TPSA) is 29.1 Å². The molecule has 0 radical (unpaired) electrons. The van der Waals surface area contributed by atoms with Gasteiger partial charge in [0.1, 0.15) is 0 Å². The van der Waals surface area contributed by atoms with Crippen LogP contribution >= 0.6 is 22.9 Å². The highest BCUT2D eigenvalue weighted by Gasteiger charge is 2.13. The first-order valence-corrected chi connectivity index (χ1v) is 7.13. The van der Waals surface area contributed by atoms with Crippen LogP contribution in [0.1, 0.15) is 16.5 Å². The first kappa shape index (κ1) is 13.1. The van der Waals surface area contributed by atoms with E-state index in [4.69, 9.17) is 11.6 Å². The maximum Gasteiger partial charge on any atom is 0.225 e. The highest BCUT2D eigenvalue weighted by Crippen LogP contribution is 2.15. The van der Waals surface area contributed by atoms with E-state index in [0.717, 1.165) is 10.4 Å². The molecule has 94 valence electrons.